The zero-order valence-corrected chi connectivity index (χ0v) is 38.6. The molecule has 0 radical (unpaired) electrons. The van der Waals surface area contributed by atoms with E-state index in [-0.39, 0.29) is 48.9 Å². The molecule has 1 saturated heterocycles. The van der Waals surface area contributed by atoms with Crippen molar-refractivity contribution in [2.24, 2.45) is 14.1 Å². The van der Waals surface area contributed by atoms with Gasteiger partial charge in [-0.05, 0) is 147 Å². The Morgan fingerprint density at radius 2 is 1.16 bits per heavy atom. The molecule has 1 fully saturated rings. The third-order valence-electron chi connectivity index (χ3n) is 10.6. The predicted molar refractivity (Wildman–Crippen MR) is 257 cm³/mol. The van der Waals surface area contributed by atoms with E-state index in [1.807, 2.05) is 50.2 Å². The maximum absolute atomic E-state index is 13.7. The Kier molecular flexibility index (Phi) is 14.2. The second-order valence-electron chi connectivity index (χ2n) is 15.8. The van der Waals surface area contributed by atoms with Gasteiger partial charge < -0.3 is 19.9 Å². The fourth-order valence-electron chi connectivity index (χ4n) is 6.66. The summed E-state index contributed by atoms with van der Waals surface area (Å²) >= 11 is 5.95. The highest BCUT2D eigenvalue weighted by atomic mass is 79.9. The second kappa shape index (κ2) is 19.1. The summed E-state index contributed by atoms with van der Waals surface area (Å²) in [6.07, 6.45) is 4.00. The summed E-state index contributed by atoms with van der Waals surface area (Å²) in [5.41, 5.74) is 6.03. The van der Waals surface area contributed by atoms with Gasteiger partial charge in [-0.2, -0.15) is 10.2 Å². The lowest BCUT2D eigenvalue weighted by atomic mass is 9.76. The predicted octanol–water partition coefficient (Wildman–Crippen LogP) is 11.7. The standard InChI is InChI=1S/C20H16FN3OS.C15H21BN2O2.C11H7BrFNOS.CH4/c1-12-9-13-11-24(2)23-17(13)10-14(12)18-7-8-19(26-18)20(25)22-16-6-4-3-5-15(16)21;1-10-7-11-9-18(6)17-13(11)8-12(10)16-19-14(2,3)15(4,5)20-16;12-10-6-5-9(16-10)11(15)14-8-4-2-1-3-7(8)13;/h3-11H,1-2H3,(H,22,25);7-9H,1-6H3;1-6H,(H,14,15);1H4. The molecular weight excluding hydrogens is 905 g/mol. The number of aromatic nitrogens is 4. The highest BCUT2D eigenvalue weighted by molar-refractivity contribution is 9.11. The van der Waals surface area contributed by atoms with Crippen LogP contribution in [0.3, 0.4) is 0 Å². The molecule has 0 saturated carbocycles. The number of amides is 2. The number of carbonyl (C=O) groups excluding carboxylic acids is 2. The van der Waals surface area contributed by atoms with Crippen molar-refractivity contribution in [3.05, 3.63) is 146 Å². The van der Waals surface area contributed by atoms with E-state index in [9.17, 15) is 18.4 Å². The van der Waals surface area contributed by atoms with Crippen molar-refractivity contribution in [3.63, 3.8) is 0 Å². The van der Waals surface area contributed by atoms with Crippen LogP contribution in [0.25, 0.3) is 32.2 Å². The number of para-hydroxylation sites is 2. The van der Waals surface area contributed by atoms with Crippen LogP contribution in [0.5, 0.6) is 0 Å². The molecule has 4 aromatic carbocycles. The largest absolute Gasteiger partial charge is 0.495 e. The Hall–Kier alpha value is -5.52. The number of halogens is 3. The lowest BCUT2D eigenvalue weighted by Crippen LogP contribution is -2.41. The van der Waals surface area contributed by atoms with E-state index in [0.29, 0.717) is 9.75 Å². The van der Waals surface area contributed by atoms with Crippen LogP contribution < -0.4 is 16.1 Å². The fraction of sp³-hybridized carbons (Fsp3) is 0.234. The number of aryl methyl sites for hydroxylation is 4. The average Bonchev–Trinajstić information content (AvgIpc) is 4.04. The van der Waals surface area contributed by atoms with E-state index in [4.69, 9.17) is 9.31 Å². The zero-order valence-electron chi connectivity index (χ0n) is 35.3. The van der Waals surface area contributed by atoms with E-state index < -0.39 is 11.6 Å². The number of benzene rings is 4. The fourth-order valence-corrected chi connectivity index (χ4v) is 8.92. The van der Waals surface area contributed by atoms with Gasteiger partial charge in [0.1, 0.15) is 11.6 Å². The SMILES string of the molecule is C.Cc1cc2cn(C)nc2cc1-c1ccc(C(=O)Nc2ccccc2F)s1.Cc1cc2cn(C)nc2cc1B1OC(C)(C)C(C)(C)O1.O=C(Nc1ccccc1F)c1ccc(Br)s1. The van der Waals surface area contributed by atoms with Crippen LogP contribution in [-0.2, 0) is 23.4 Å². The highest BCUT2D eigenvalue weighted by Gasteiger charge is 2.52. The topological polar surface area (TPSA) is 112 Å². The maximum atomic E-state index is 13.7. The van der Waals surface area contributed by atoms with Gasteiger partial charge >= 0.3 is 7.12 Å². The monoisotopic (exact) mass is 952 g/mol. The molecule has 63 heavy (non-hydrogen) atoms. The first-order valence-corrected chi connectivity index (χ1v) is 22.0. The number of thiophene rings is 2. The number of nitrogens with zero attached hydrogens (tertiary/aromatic N) is 4. The normalized spacial score (nSPS) is 13.7. The van der Waals surface area contributed by atoms with E-state index in [2.05, 4.69) is 89.6 Å². The van der Waals surface area contributed by atoms with Crippen LogP contribution in [0.4, 0.5) is 20.2 Å². The summed E-state index contributed by atoms with van der Waals surface area (Å²) in [4.78, 5) is 26.2. The lowest BCUT2D eigenvalue weighted by Gasteiger charge is -2.32. The molecule has 1 aliphatic rings. The summed E-state index contributed by atoms with van der Waals surface area (Å²) in [6, 6.07) is 27.7. The molecule has 0 atom stereocenters. The Morgan fingerprint density at radius 3 is 1.67 bits per heavy atom. The molecule has 9 rings (SSSR count). The first-order valence-electron chi connectivity index (χ1n) is 19.6. The molecule has 0 bridgehead atoms. The van der Waals surface area contributed by atoms with Crippen molar-refractivity contribution < 1.29 is 27.7 Å². The average molecular weight is 954 g/mol. The van der Waals surface area contributed by atoms with Gasteiger partial charge in [0.05, 0.1) is 47.2 Å². The first kappa shape index (κ1) is 47.0. The minimum Gasteiger partial charge on any atom is -0.399 e. The van der Waals surface area contributed by atoms with E-state index in [1.165, 1.54) is 46.4 Å². The summed E-state index contributed by atoms with van der Waals surface area (Å²) < 4.78 is 43.7. The van der Waals surface area contributed by atoms with Crippen LogP contribution in [0, 0.1) is 25.5 Å². The van der Waals surface area contributed by atoms with Gasteiger partial charge in [0.15, 0.2) is 0 Å². The molecular formula is C47H48BBrF2N6O4S2. The lowest BCUT2D eigenvalue weighted by molar-refractivity contribution is 0.00578. The molecule has 5 heterocycles. The number of hydrogen-bond acceptors (Lipinski definition) is 8. The van der Waals surface area contributed by atoms with E-state index in [1.54, 1.807) is 53.2 Å². The summed E-state index contributed by atoms with van der Waals surface area (Å²) in [5, 5.41) is 16.3. The first-order chi connectivity index (χ1) is 29.4. The Bertz CT molecular complexity index is 2930. The molecule has 8 aromatic rings. The number of fused-ring (bicyclic) bond motifs is 2. The van der Waals surface area contributed by atoms with Gasteiger partial charge in [0, 0.05) is 42.1 Å². The Morgan fingerprint density at radius 1 is 0.683 bits per heavy atom. The Labute approximate surface area is 382 Å². The van der Waals surface area contributed by atoms with Crippen LogP contribution in [0.15, 0.2) is 113 Å². The highest BCUT2D eigenvalue weighted by Crippen LogP contribution is 2.37. The van der Waals surface area contributed by atoms with Crippen LogP contribution in [0.2, 0.25) is 0 Å². The molecule has 2 amide bonds. The molecule has 1 aliphatic heterocycles. The van der Waals surface area contributed by atoms with E-state index >= 15 is 0 Å². The quantitative estimate of drug-likeness (QED) is 0.161. The maximum Gasteiger partial charge on any atom is 0.495 e. The van der Waals surface area contributed by atoms with Crippen molar-refractivity contribution in [2.45, 2.75) is 60.2 Å². The number of anilines is 2. The van der Waals surface area contributed by atoms with Crippen molar-refractivity contribution in [2.75, 3.05) is 10.6 Å². The van der Waals surface area contributed by atoms with Crippen molar-refractivity contribution in [3.8, 4) is 10.4 Å². The van der Waals surface area contributed by atoms with Gasteiger partial charge in [-0.1, -0.05) is 37.3 Å². The molecule has 16 heteroatoms. The van der Waals surface area contributed by atoms with Crippen molar-refractivity contribution in [1.29, 1.82) is 0 Å². The van der Waals surface area contributed by atoms with Gasteiger partial charge in [0.25, 0.3) is 11.8 Å². The van der Waals surface area contributed by atoms with Crippen molar-refractivity contribution >= 4 is 96.2 Å². The van der Waals surface area contributed by atoms with Gasteiger partial charge in [-0.25, -0.2) is 8.78 Å². The van der Waals surface area contributed by atoms with Gasteiger partial charge in [-0.15, -0.1) is 22.7 Å². The third-order valence-corrected chi connectivity index (χ3v) is 13.4. The zero-order chi connectivity index (χ0) is 44.5. The summed E-state index contributed by atoms with van der Waals surface area (Å²) in [7, 11) is 3.50. The smallest absolute Gasteiger partial charge is 0.399 e. The Balaban J connectivity index is 0.000000161. The minimum atomic E-state index is -0.450. The summed E-state index contributed by atoms with van der Waals surface area (Å²) in [6.45, 7) is 12.4. The molecule has 4 aromatic heterocycles. The van der Waals surface area contributed by atoms with Gasteiger partial charge in [0.2, 0.25) is 0 Å². The van der Waals surface area contributed by atoms with Crippen molar-refractivity contribution in [1.82, 2.24) is 19.6 Å². The van der Waals surface area contributed by atoms with E-state index in [0.717, 1.165) is 47.1 Å². The van der Waals surface area contributed by atoms with Crippen LogP contribution in [-0.4, -0.2) is 49.7 Å². The van der Waals surface area contributed by atoms with Gasteiger partial charge in [-0.3, -0.25) is 19.0 Å². The number of hydrogen-bond donors (Lipinski definition) is 2. The molecule has 0 spiro atoms. The third kappa shape index (κ3) is 10.6. The molecule has 0 aliphatic carbocycles. The molecule has 0 unspecified atom stereocenters. The van der Waals surface area contributed by atoms with Crippen LogP contribution in [0.1, 0.15) is 65.6 Å². The number of nitrogens with one attached hydrogen (secondary N) is 2. The second-order valence-corrected chi connectivity index (χ2v) is 19.4. The number of carbonyl (C=O) groups is 2. The molecule has 10 nitrogen and oxygen atoms in total. The molecule has 326 valence electrons. The van der Waals surface area contributed by atoms with Crippen LogP contribution >= 0.6 is 38.6 Å². The number of rotatable bonds is 6. The summed E-state index contributed by atoms with van der Waals surface area (Å²) in [5.74, 6) is -1.51. The minimum absolute atomic E-state index is 0. The molecule has 2 N–H and O–H groups in total.